The van der Waals surface area contributed by atoms with Gasteiger partial charge in [0, 0.05) is 12.8 Å². The standard InChI is InChI=1S/2C9H18O2/c2*1-3-4-5-8(2)6-7-9(10)11/h2*8H,3-7H2,1-2H3,(H,10,11). The van der Waals surface area contributed by atoms with Crippen molar-refractivity contribution in [2.24, 2.45) is 11.8 Å². The first-order valence-corrected chi connectivity index (χ1v) is 8.76. The zero-order valence-corrected chi connectivity index (χ0v) is 14.9. The van der Waals surface area contributed by atoms with Crippen LogP contribution in [0.3, 0.4) is 0 Å². The predicted molar refractivity (Wildman–Crippen MR) is 91.1 cm³/mol. The maximum Gasteiger partial charge on any atom is 0.303 e. The molecule has 0 aliphatic carbocycles. The fourth-order valence-electron chi connectivity index (χ4n) is 2.13. The van der Waals surface area contributed by atoms with Crippen LogP contribution >= 0.6 is 0 Å². The maximum atomic E-state index is 10.2. The number of rotatable bonds is 12. The van der Waals surface area contributed by atoms with Crippen LogP contribution in [0.2, 0.25) is 0 Å². The minimum atomic E-state index is -0.673. The molecule has 22 heavy (non-hydrogen) atoms. The summed E-state index contributed by atoms with van der Waals surface area (Å²) in [6, 6.07) is 0. The van der Waals surface area contributed by atoms with Crippen molar-refractivity contribution < 1.29 is 19.8 Å². The SMILES string of the molecule is CCCCC(C)CCC(=O)O.CCCCC(C)CCC(=O)O. The molecule has 0 saturated carbocycles. The number of aliphatic carboxylic acids is 2. The Hall–Kier alpha value is -1.06. The summed E-state index contributed by atoms with van der Waals surface area (Å²) in [5.41, 5.74) is 0. The second-order valence-corrected chi connectivity index (χ2v) is 6.36. The fourth-order valence-corrected chi connectivity index (χ4v) is 2.13. The van der Waals surface area contributed by atoms with Crippen LogP contribution in [-0.2, 0) is 9.59 Å². The highest BCUT2D eigenvalue weighted by molar-refractivity contribution is 5.66. The molecule has 0 saturated heterocycles. The van der Waals surface area contributed by atoms with E-state index in [4.69, 9.17) is 10.2 Å². The van der Waals surface area contributed by atoms with E-state index >= 15 is 0 Å². The normalized spacial score (nSPS) is 12.9. The number of hydrogen-bond acceptors (Lipinski definition) is 2. The van der Waals surface area contributed by atoms with Gasteiger partial charge in [0.15, 0.2) is 0 Å². The molecule has 0 radical (unpaired) electrons. The lowest BCUT2D eigenvalue weighted by molar-refractivity contribution is -0.138. The van der Waals surface area contributed by atoms with Crippen LogP contribution in [0.5, 0.6) is 0 Å². The van der Waals surface area contributed by atoms with Gasteiger partial charge in [-0.05, 0) is 24.7 Å². The monoisotopic (exact) mass is 316 g/mol. The minimum absolute atomic E-state index is 0.324. The first-order valence-electron chi connectivity index (χ1n) is 8.76. The smallest absolute Gasteiger partial charge is 0.303 e. The van der Waals surface area contributed by atoms with Gasteiger partial charge in [-0.15, -0.1) is 0 Å². The van der Waals surface area contributed by atoms with Gasteiger partial charge >= 0.3 is 11.9 Å². The zero-order chi connectivity index (χ0) is 17.4. The summed E-state index contributed by atoms with van der Waals surface area (Å²) in [5.74, 6) is -0.196. The van der Waals surface area contributed by atoms with Gasteiger partial charge in [-0.1, -0.05) is 66.2 Å². The lowest BCUT2D eigenvalue weighted by Gasteiger charge is -2.07. The van der Waals surface area contributed by atoms with E-state index < -0.39 is 11.9 Å². The number of carbonyl (C=O) groups is 2. The highest BCUT2D eigenvalue weighted by atomic mass is 16.4. The number of unbranched alkanes of at least 4 members (excludes halogenated alkanes) is 2. The summed E-state index contributed by atoms with van der Waals surface area (Å²) in [4.78, 5) is 20.4. The second kappa shape index (κ2) is 16.3. The molecule has 2 N–H and O–H groups in total. The Bertz CT molecular complexity index is 248. The van der Waals surface area contributed by atoms with Crippen LogP contribution in [0.1, 0.15) is 91.9 Å². The van der Waals surface area contributed by atoms with Crippen molar-refractivity contribution >= 4 is 11.9 Å². The third-order valence-electron chi connectivity index (χ3n) is 3.80. The molecule has 0 fully saturated rings. The molecule has 2 atom stereocenters. The Morgan fingerprint density at radius 3 is 1.27 bits per heavy atom. The van der Waals surface area contributed by atoms with Crippen molar-refractivity contribution in [3.8, 4) is 0 Å². The van der Waals surface area contributed by atoms with Gasteiger partial charge < -0.3 is 10.2 Å². The predicted octanol–water partition coefficient (Wildman–Crippen LogP) is 5.36. The molecule has 2 unspecified atom stereocenters. The number of hydrogen-bond donors (Lipinski definition) is 2. The van der Waals surface area contributed by atoms with Crippen molar-refractivity contribution in [3.63, 3.8) is 0 Å². The summed E-state index contributed by atoms with van der Waals surface area (Å²) in [6.07, 6.45) is 9.50. The molecular formula is C18H36O4. The molecule has 0 aromatic rings. The molecule has 0 spiro atoms. The highest BCUT2D eigenvalue weighted by Crippen LogP contribution is 2.14. The lowest BCUT2D eigenvalue weighted by atomic mass is 9.99. The van der Waals surface area contributed by atoms with Crippen LogP contribution in [0.25, 0.3) is 0 Å². The van der Waals surface area contributed by atoms with Gasteiger partial charge in [-0.25, -0.2) is 0 Å². The van der Waals surface area contributed by atoms with Gasteiger partial charge in [-0.3, -0.25) is 9.59 Å². The molecule has 0 aromatic heterocycles. The van der Waals surface area contributed by atoms with Crippen molar-refractivity contribution in [2.75, 3.05) is 0 Å². The van der Waals surface area contributed by atoms with Gasteiger partial charge in [0.1, 0.15) is 0 Å². The van der Waals surface area contributed by atoms with Crippen molar-refractivity contribution in [2.45, 2.75) is 91.9 Å². The Balaban J connectivity index is 0. The van der Waals surface area contributed by atoms with E-state index in [1.807, 2.05) is 0 Å². The largest absolute Gasteiger partial charge is 0.481 e. The molecule has 4 heteroatoms. The fraction of sp³-hybridized carbons (Fsp3) is 0.889. The molecule has 4 nitrogen and oxygen atoms in total. The van der Waals surface area contributed by atoms with E-state index in [2.05, 4.69) is 27.7 Å². The number of carboxylic acids is 2. The second-order valence-electron chi connectivity index (χ2n) is 6.36. The Labute approximate surface area is 136 Å². The van der Waals surface area contributed by atoms with Gasteiger partial charge in [-0.2, -0.15) is 0 Å². The van der Waals surface area contributed by atoms with Crippen LogP contribution in [0, 0.1) is 11.8 Å². The van der Waals surface area contributed by atoms with E-state index in [-0.39, 0.29) is 0 Å². The molecule has 132 valence electrons. The maximum absolute atomic E-state index is 10.2. The first-order chi connectivity index (χ1) is 10.3. The number of carboxylic acid groups (broad SMARTS) is 2. The zero-order valence-electron chi connectivity index (χ0n) is 14.9. The van der Waals surface area contributed by atoms with Gasteiger partial charge in [0.2, 0.25) is 0 Å². The Morgan fingerprint density at radius 1 is 0.727 bits per heavy atom. The van der Waals surface area contributed by atoms with Crippen LogP contribution in [0.4, 0.5) is 0 Å². The van der Waals surface area contributed by atoms with E-state index in [0.717, 1.165) is 12.8 Å². The molecule has 0 amide bonds. The summed E-state index contributed by atoms with van der Waals surface area (Å²) < 4.78 is 0. The van der Waals surface area contributed by atoms with E-state index in [1.165, 1.54) is 38.5 Å². The molecule has 0 rings (SSSR count). The highest BCUT2D eigenvalue weighted by Gasteiger charge is 2.04. The minimum Gasteiger partial charge on any atom is -0.481 e. The van der Waals surface area contributed by atoms with Crippen molar-refractivity contribution in [1.29, 1.82) is 0 Å². The topological polar surface area (TPSA) is 74.6 Å². The molecule has 0 aromatic carbocycles. The third-order valence-corrected chi connectivity index (χ3v) is 3.80. The summed E-state index contributed by atoms with van der Waals surface area (Å²) in [5, 5.41) is 16.8. The average molecular weight is 316 g/mol. The molecule has 0 aliphatic rings. The van der Waals surface area contributed by atoms with Crippen LogP contribution in [0.15, 0.2) is 0 Å². The van der Waals surface area contributed by atoms with Crippen LogP contribution < -0.4 is 0 Å². The van der Waals surface area contributed by atoms with E-state index in [0.29, 0.717) is 24.7 Å². The van der Waals surface area contributed by atoms with Gasteiger partial charge in [0.25, 0.3) is 0 Å². The van der Waals surface area contributed by atoms with Crippen molar-refractivity contribution in [1.82, 2.24) is 0 Å². The Kier molecular flexibility index (Phi) is 17.2. The summed E-state index contributed by atoms with van der Waals surface area (Å²) in [6.45, 7) is 8.56. The summed E-state index contributed by atoms with van der Waals surface area (Å²) in [7, 11) is 0. The van der Waals surface area contributed by atoms with E-state index in [9.17, 15) is 9.59 Å². The molecule has 0 heterocycles. The molecule has 0 bridgehead atoms. The molecule has 0 aliphatic heterocycles. The Morgan fingerprint density at radius 2 is 1.05 bits per heavy atom. The van der Waals surface area contributed by atoms with Crippen molar-refractivity contribution in [3.05, 3.63) is 0 Å². The quantitative estimate of drug-likeness (QED) is 0.508. The molecular weight excluding hydrogens is 280 g/mol. The average Bonchev–Trinajstić information content (AvgIpc) is 2.47. The lowest BCUT2D eigenvalue weighted by Crippen LogP contribution is -2.00. The van der Waals surface area contributed by atoms with Gasteiger partial charge in [0.05, 0.1) is 0 Å². The first kappa shape index (κ1) is 23.2. The van der Waals surface area contributed by atoms with Crippen LogP contribution in [-0.4, -0.2) is 22.2 Å². The third kappa shape index (κ3) is 21.2. The summed E-state index contributed by atoms with van der Waals surface area (Å²) >= 11 is 0. The van der Waals surface area contributed by atoms with E-state index in [1.54, 1.807) is 0 Å².